The first-order chi connectivity index (χ1) is 13.7. The zero-order valence-electron chi connectivity index (χ0n) is 16.9. The molecule has 1 aromatic heterocycles. The van der Waals surface area contributed by atoms with E-state index in [0.717, 1.165) is 16.8 Å². The number of hydrogen-bond acceptors (Lipinski definition) is 5. The molecule has 0 fully saturated rings. The highest BCUT2D eigenvalue weighted by Crippen LogP contribution is 2.29. The summed E-state index contributed by atoms with van der Waals surface area (Å²) in [5.41, 5.74) is 4.64. The number of carbonyl (C=O) groups excluding carboxylic acids is 1. The van der Waals surface area contributed by atoms with E-state index in [0.29, 0.717) is 22.6 Å². The Bertz CT molecular complexity index is 1150. The Morgan fingerprint density at radius 2 is 1.72 bits per heavy atom. The molecule has 1 amide bonds. The molecule has 0 bridgehead atoms. The van der Waals surface area contributed by atoms with Crippen LogP contribution in [0.1, 0.15) is 28.8 Å². The Kier molecular flexibility index (Phi) is 5.88. The zero-order chi connectivity index (χ0) is 21.2. The topological polar surface area (TPSA) is 89.3 Å². The molecular weight excluding hydrogens is 388 g/mol. The van der Waals surface area contributed by atoms with Crippen molar-refractivity contribution in [2.24, 2.45) is 0 Å². The highest BCUT2D eigenvalue weighted by molar-refractivity contribution is 7.91. The van der Waals surface area contributed by atoms with Crippen LogP contribution in [0.15, 0.2) is 51.9 Å². The van der Waals surface area contributed by atoms with Gasteiger partial charge in [-0.3, -0.25) is 4.79 Å². The molecule has 0 atom stereocenters. The molecule has 1 heterocycles. The fourth-order valence-electron chi connectivity index (χ4n) is 2.96. The van der Waals surface area contributed by atoms with E-state index in [2.05, 4.69) is 10.5 Å². The first kappa shape index (κ1) is 20.8. The van der Waals surface area contributed by atoms with Crippen LogP contribution in [0.2, 0.25) is 0 Å². The predicted octanol–water partition coefficient (Wildman–Crippen LogP) is 4.38. The summed E-state index contributed by atoms with van der Waals surface area (Å²) in [5.74, 6) is -0.0624. The lowest BCUT2D eigenvalue weighted by atomic mass is 10.1. The third kappa shape index (κ3) is 4.74. The van der Waals surface area contributed by atoms with E-state index in [1.807, 2.05) is 39.0 Å². The Morgan fingerprint density at radius 3 is 2.34 bits per heavy atom. The van der Waals surface area contributed by atoms with E-state index >= 15 is 0 Å². The SMILES string of the molecule is Cc1ccc(NC(=O)CCS(=O)(=O)c2cc(-c3onc(C)c3C)ccc2C)cc1. The van der Waals surface area contributed by atoms with E-state index in [4.69, 9.17) is 4.52 Å². The van der Waals surface area contributed by atoms with Crippen molar-refractivity contribution < 1.29 is 17.7 Å². The highest BCUT2D eigenvalue weighted by Gasteiger charge is 2.21. The molecule has 3 aromatic rings. The largest absolute Gasteiger partial charge is 0.356 e. The summed E-state index contributed by atoms with van der Waals surface area (Å²) < 4.78 is 31.2. The molecule has 2 aromatic carbocycles. The van der Waals surface area contributed by atoms with Gasteiger partial charge in [0.2, 0.25) is 5.91 Å². The molecule has 1 N–H and O–H groups in total. The molecule has 0 spiro atoms. The van der Waals surface area contributed by atoms with Gasteiger partial charge in [0.15, 0.2) is 15.6 Å². The maximum atomic E-state index is 12.9. The van der Waals surface area contributed by atoms with E-state index in [-0.39, 0.29) is 23.0 Å². The van der Waals surface area contributed by atoms with Gasteiger partial charge in [0, 0.05) is 23.2 Å². The highest BCUT2D eigenvalue weighted by atomic mass is 32.2. The van der Waals surface area contributed by atoms with Gasteiger partial charge >= 0.3 is 0 Å². The smallest absolute Gasteiger partial charge is 0.225 e. The van der Waals surface area contributed by atoms with Gasteiger partial charge in [0.05, 0.1) is 16.3 Å². The number of aromatic nitrogens is 1. The molecule has 7 heteroatoms. The van der Waals surface area contributed by atoms with Crippen LogP contribution in [0.3, 0.4) is 0 Å². The lowest BCUT2D eigenvalue weighted by Crippen LogP contribution is -2.18. The number of aryl methyl sites for hydroxylation is 3. The standard InChI is InChI=1S/C22H24N2O4S/c1-14-5-9-19(10-6-14)23-21(25)11-12-29(26,27)20-13-18(8-7-15(20)2)22-16(3)17(4)24-28-22/h5-10,13H,11-12H2,1-4H3,(H,23,25). The van der Waals surface area contributed by atoms with Crippen LogP contribution in [-0.4, -0.2) is 25.2 Å². The Hall–Kier alpha value is -2.93. The maximum absolute atomic E-state index is 12.9. The number of nitrogens with zero attached hydrogens (tertiary/aromatic N) is 1. The third-order valence-corrected chi connectivity index (χ3v) is 6.73. The third-order valence-electron chi connectivity index (χ3n) is 4.88. The Morgan fingerprint density at radius 1 is 1.03 bits per heavy atom. The van der Waals surface area contributed by atoms with Crippen LogP contribution in [0.5, 0.6) is 0 Å². The number of nitrogens with one attached hydrogen (secondary N) is 1. The molecule has 0 aliphatic heterocycles. The lowest BCUT2D eigenvalue weighted by Gasteiger charge is -2.10. The summed E-state index contributed by atoms with van der Waals surface area (Å²) in [5, 5.41) is 6.66. The van der Waals surface area contributed by atoms with Crippen molar-refractivity contribution in [1.82, 2.24) is 5.16 Å². The van der Waals surface area contributed by atoms with Crippen LogP contribution >= 0.6 is 0 Å². The normalized spacial score (nSPS) is 11.4. The van der Waals surface area contributed by atoms with Crippen molar-refractivity contribution in [1.29, 1.82) is 0 Å². The van der Waals surface area contributed by atoms with E-state index in [1.165, 1.54) is 0 Å². The summed E-state index contributed by atoms with van der Waals surface area (Å²) in [6.07, 6.45) is -0.125. The number of benzene rings is 2. The molecule has 0 saturated carbocycles. The predicted molar refractivity (Wildman–Crippen MR) is 113 cm³/mol. The average molecular weight is 413 g/mol. The van der Waals surface area contributed by atoms with Crippen molar-refractivity contribution in [3.8, 4) is 11.3 Å². The molecule has 0 radical (unpaired) electrons. The molecule has 0 unspecified atom stereocenters. The van der Waals surface area contributed by atoms with Crippen LogP contribution in [0, 0.1) is 27.7 Å². The number of anilines is 1. The Balaban J connectivity index is 1.76. The van der Waals surface area contributed by atoms with Gasteiger partial charge in [-0.05, 0) is 51.5 Å². The molecule has 6 nitrogen and oxygen atoms in total. The summed E-state index contributed by atoms with van der Waals surface area (Å²) in [4.78, 5) is 12.4. The van der Waals surface area contributed by atoms with E-state index in [9.17, 15) is 13.2 Å². The minimum Gasteiger partial charge on any atom is -0.356 e. The fraction of sp³-hybridized carbons (Fsp3) is 0.273. The monoisotopic (exact) mass is 412 g/mol. The van der Waals surface area contributed by atoms with Crippen LogP contribution in [-0.2, 0) is 14.6 Å². The summed E-state index contributed by atoms with van der Waals surface area (Å²) >= 11 is 0. The molecule has 152 valence electrons. The van der Waals surface area contributed by atoms with E-state index in [1.54, 1.807) is 31.2 Å². The number of amides is 1. The second-order valence-corrected chi connectivity index (χ2v) is 9.26. The second-order valence-electron chi connectivity index (χ2n) is 7.19. The van der Waals surface area contributed by atoms with Crippen LogP contribution in [0.4, 0.5) is 5.69 Å². The molecule has 3 rings (SSSR count). The van der Waals surface area contributed by atoms with Gasteiger partial charge in [0.25, 0.3) is 0 Å². The summed E-state index contributed by atoms with van der Waals surface area (Å²) in [6.45, 7) is 7.41. The quantitative estimate of drug-likeness (QED) is 0.649. The molecule has 0 aliphatic rings. The first-order valence-electron chi connectivity index (χ1n) is 9.30. The molecule has 0 saturated heterocycles. The number of carbonyl (C=O) groups is 1. The lowest BCUT2D eigenvalue weighted by molar-refractivity contribution is -0.115. The average Bonchev–Trinajstić information content (AvgIpc) is 3.01. The fourth-order valence-corrected chi connectivity index (χ4v) is 4.50. The first-order valence-corrected chi connectivity index (χ1v) is 11.0. The summed E-state index contributed by atoms with van der Waals surface area (Å²) in [6, 6.07) is 12.5. The molecular formula is C22H24N2O4S. The van der Waals surface area contributed by atoms with Crippen molar-refractivity contribution in [3.05, 3.63) is 64.8 Å². The van der Waals surface area contributed by atoms with Crippen molar-refractivity contribution in [2.45, 2.75) is 39.0 Å². The number of rotatable bonds is 6. The van der Waals surface area contributed by atoms with Gasteiger partial charge in [0.1, 0.15) is 0 Å². The van der Waals surface area contributed by atoms with Gasteiger partial charge in [-0.15, -0.1) is 0 Å². The molecule has 29 heavy (non-hydrogen) atoms. The minimum absolute atomic E-state index is 0.125. The maximum Gasteiger partial charge on any atom is 0.225 e. The Labute approximate surface area is 170 Å². The van der Waals surface area contributed by atoms with E-state index < -0.39 is 9.84 Å². The van der Waals surface area contributed by atoms with Crippen LogP contribution in [0.25, 0.3) is 11.3 Å². The van der Waals surface area contributed by atoms with Gasteiger partial charge < -0.3 is 9.84 Å². The van der Waals surface area contributed by atoms with Crippen molar-refractivity contribution >= 4 is 21.4 Å². The second kappa shape index (κ2) is 8.21. The van der Waals surface area contributed by atoms with Crippen LogP contribution < -0.4 is 5.32 Å². The number of sulfone groups is 1. The van der Waals surface area contributed by atoms with Crippen molar-refractivity contribution in [3.63, 3.8) is 0 Å². The molecule has 0 aliphatic carbocycles. The van der Waals surface area contributed by atoms with Gasteiger partial charge in [-0.1, -0.05) is 35.0 Å². The zero-order valence-corrected chi connectivity index (χ0v) is 17.8. The van der Waals surface area contributed by atoms with Crippen molar-refractivity contribution in [2.75, 3.05) is 11.1 Å². The minimum atomic E-state index is -3.64. The van der Waals surface area contributed by atoms with Gasteiger partial charge in [-0.2, -0.15) is 0 Å². The van der Waals surface area contributed by atoms with Gasteiger partial charge in [-0.25, -0.2) is 8.42 Å². The summed E-state index contributed by atoms with van der Waals surface area (Å²) in [7, 11) is -3.64. The number of hydrogen-bond donors (Lipinski definition) is 1.